The van der Waals surface area contributed by atoms with E-state index in [1.54, 1.807) is 24.3 Å². The largest absolute Gasteiger partial charge is 0.380 e. The van der Waals surface area contributed by atoms with Crippen molar-refractivity contribution in [2.24, 2.45) is 5.73 Å². The second kappa shape index (κ2) is 6.09. The molecule has 0 atom stereocenters. The fourth-order valence-corrected chi connectivity index (χ4v) is 2.02. The Labute approximate surface area is 121 Å². The number of primary amides is 1. The molecule has 2 rings (SSSR count). The van der Waals surface area contributed by atoms with Gasteiger partial charge in [0.25, 0.3) is 5.91 Å². The number of benzene rings is 2. The number of rotatable bonds is 4. The van der Waals surface area contributed by atoms with E-state index in [9.17, 15) is 4.79 Å². The van der Waals surface area contributed by atoms with Gasteiger partial charge in [-0.15, -0.1) is 0 Å². The molecule has 0 aliphatic rings. The minimum absolute atomic E-state index is 0.326. The van der Waals surface area contributed by atoms with Gasteiger partial charge in [0, 0.05) is 17.3 Å². The fourth-order valence-electron chi connectivity index (χ4n) is 1.85. The van der Waals surface area contributed by atoms with Crippen LogP contribution in [-0.4, -0.2) is 5.91 Å². The summed E-state index contributed by atoms with van der Waals surface area (Å²) in [5.74, 6) is -0.552. The smallest absolute Gasteiger partial charge is 0.250 e. The predicted molar refractivity (Wildman–Crippen MR) is 78.5 cm³/mol. The Bertz CT molecular complexity index is 692. The summed E-state index contributed by atoms with van der Waals surface area (Å²) in [6, 6.07) is 14.3. The first-order valence-electron chi connectivity index (χ1n) is 5.93. The van der Waals surface area contributed by atoms with Gasteiger partial charge in [0.15, 0.2) is 0 Å². The highest BCUT2D eigenvalue weighted by Gasteiger charge is 2.09. The highest BCUT2D eigenvalue weighted by atomic mass is 35.5. The van der Waals surface area contributed by atoms with Crippen LogP contribution in [0.2, 0.25) is 5.02 Å². The summed E-state index contributed by atoms with van der Waals surface area (Å²) in [7, 11) is 0. The normalized spacial score (nSPS) is 9.80. The van der Waals surface area contributed by atoms with Crippen molar-refractivity contribution in [2.75, 3.05) is 5.32 Å². The first kappa shape index (κ1) is 13.9. The molecule has 4 nitrogen and oxygen atoms in total. The van der Waals surface area contributed by atoms with Crippen molar-refractivity contribution in [1.82, 2.24) is 0 Å². The van der Waals surface area contributed by atoms with Gasteiger partial charge < -0.3 is 11.1 Å². The number of carbonyl (C=O) groups is 1. The Balaban J connectivity index is 2.24. The van der Waals surface area contributed by atoms with Crippen molar-refractivity contribution >= 4 is 23.2 Å². The topological polar surface area (TPSA) is 78.9 Å². The molecule has 2 aromatic carbocycles. The number of nitrogens with one attached hydrogen (secondary N) is 1. The minimum atomic E-state index is -0.552. The van der Waals surface area contributed by atoms with E-state index < -0.39 is 5.91 Å². The van der Waals surface area contributed by atoms with Gasteiger partial charge in [-0.2, -0.15) is 5.26 Å². The number of nitrogens with zero attached hydrogens (tertiary/aromatic N) is 1. The maximum atomic E-state index is 11.4. The maximum absolute atomic E-state index is 11.4. The van der Waals surface area contributed by atoms with Crippen LogP contribution in [0, 0.1) is 11.3 Å². The molecule has 0 fully saturated rings. The molecular formula is C15H12ClN3O. The molecule has 0 saturated carbocycles. The molecule has 0 aromatic heterocycles. The average Bonchev–Trinajstić information content (AvgIpc) is 2.46. The quantitative estimate of drug-likeness (QED) is 0.906. The predicted octanol–water partition coefficient (Wildman–Crippen LogP) is 2.92. The number of carbonyl (C=O) groups excluding carboxylic acids is 1. The first-order valence-corrected chi connectivity index (χ1v) is 6.31. The second-order valence-electron chi connectivity index (χ2n) is 4.18. The van der Waals surface area contributed by atoms with Gasteiger partial charge in [-0.1, -0.05) is 29.8 Å². The molecule has 0 aliphatic heterocycles. The van der Waals surface area contributed by atoms with E-state index in [4.69, 9.17) is 22.6 Å². The average molecular weight is 286 g/mol. The van der Waals surface area contributed by atoms with Crippen LogP contribution in [0.3, 0.4) is 0 Å². The molecule has 2 aromatic rings. The third kappa shape index (κ3) is 3.08. The number of hydrogen-bond donors (Lipinski definition) is 2. The van der Waals surface area contributed by atoms with Crippen LogP contribution < -0.4 is 11.1 Å². The molecular weight excluding hydrogens is 274 g/mol. The van der Waals surface area contributed by atoms with Gasteiger partial charge >= 0.3 is 0 Å². The zero-order valence-corrected chi connectivity index (χ0v) is 11.3. The van der Waals surface area contributed by atoms with Crippen LogP contribution >= 0.6 is 11.6 Å². The third-order valence-electron chi connectivity index (χ3n) is 2.85. The summed E-state index contributed by atoms with van der Waals surface area (Å²) < 4.78 is 0. The summed E-state index contributed by atoms with van der Waals surface area (Å²) in [5.41, 5.74) is 7.68. The van der Waals surface area contributed by atoms with Crippen LogP contribution in [0.5, 0.6) is 0 Å². The lowest BCUT2D eigenvalue weighted by molar-refractivity contribution is 0.100. The molecule has 0 saturated heterocycles. The van der Waals surface area contributed by atoms with Crippen LogP contribution in [0.4, 0.5) is 5.69 Å². The number of halogens is 1. The van der Waals surface area contributed by atoms with Gasteiger partial charge in [-0.3, -0.25) is 4.79 Å². The van der Waals surface area contributed by atoms with Gasteiger partial charge in [0.2, 0.25) is 0 Å². The van der Waals surface area contributed by atoms with E-state index in [-0.39, 0.29) is 0 Å². The van der Waals surface area contributed by atoms with Crippen LogP contribution in [0.15, 0.2) is 42.5 Å². The first-order chi connectivity index (χ1) is 9.61. The minimum Gasteiger partial charge on any atom is -0.380 e. The molecule has 0 aliphatic carbocycles. The Kier molecular flexibility index (Phi) is 4.24. The Morgan fingerprint density at radius 1 is 1.30 bits per heavy atom. The second-order valence-corrected chi connectivity index (χ2v) is 4.61. The van der Waals surface area contributed by atoms with Crippen molar-refractivity contribution in [1.29, 1.82) is 5.26 Å². The highest BCUT2D eigenvalue weighted by Crippen LogP contribution is 2.21. The molecule has 20 heavy (non-hydrogen) atoms. The number of hydrogen-bond acceptors (Lipinski definition) is 3. The monoisotopic (exact) mass is 285 g/mol. The fraction of sp³-hybridized carbons (Fsp3) is 0.0667. The summed E-state index contributed by atoms with van der Waals surface area (Å²) in [4.78, 5) is 11.4. The zero-order valence-electron chi connectivity index (χ0n) is 10.6. The van der Waals surface area contributed by atoms with E-state index in [2.05, 4.69) is 11.4 Å². The Hall–Kier alpha value is -2.51. The van der Waals surface area contributed by atoms with Crippen LogP contribution in [-0.2, 0) is 6.54 Å². The van der Waals surface area contributed by atoms with Crippen molar-refractivity contribution in [3.63, 3.8) is 0 Å². The number of anilines is 1. The standard InChI is InChI=1S/C15H12ClN3O/c16-12-5-6-14(13(7-12)15(18)20)19-9-11-4-2-1-3-10(11)8-17/h1-7,19H,9H2,(H2,18,20). The maximum Gasteiger partial charge on any atom is 0.250 e. The van der Waals surface area contributed by atoms with Gasteiger partial charge in [0.1, 0.15) is 0 Å². The van der Waals surface area contributed by atoms with Crippen molar-refractivity contribution in [2.45, 2.75) is 6.54 Å². The molecule has 0 bridgehead atoms. The van der Waals surface area contributed by atoms with Gasteiger partial charge in [-0.25, -0.2) is 0 Å². The van der Waals surface area contributed by atoms with E-state index in [0.717, 1.165) is 5.56 Å². The Morgan fingerprint density at radius 3 is 2.75 bits per heavy atom. The van der Waals surface area contributed by atoms with E-state index in [1.165, 1.54) is 6.07 Å². The lowest BCUT2D eigenvalue weighted by atomic mass is 10.1. The van der Waals surface area contributed by atoms with E-state index in [0.29, 0.717) is 28.4 Å². The summed E-state index contributed by atoms with van der Waals surface area (Å²) >= 11 is 5.85. The van der Waals surface area contributed by atoms with E-state index in [1.807, 2.05) is 12.1 Å². The molecule has 0 spiro atoms. The van der Waals surface area contributed by atoms with Gasteiger partial charge in [0.05, 0.1) is 17.2 Å². The molecule has 0 heterocycles. The molecule has 100 valence electrons. The van der Waals surface area contributed by atoms with Crippen LogP contribution in [0.1, 0.15) is 21.5 Å². The van der Waals surface area contributed by atoms with Crippen molar-refractivity contribution in [3.05, 3.63) is 64.2 Å². The number of nitrogens with two attached hydrogens (primary N) is 1. The van der Waals surface area contributed by atoms with Crippen molar-refractivity contribution in [3.8, 4) is 6.07 Å². The SMILES string of the molecule is N#Cc1ccccc1CNc1ccc(Cl)cc1C(N)=O. The summed E-state index contributed by atoms with van der Waals surface area (Å²) in [6.07, 6.45) is 0. The van der Waals surface area contributed by atoms with E-state index >= 15 is 0 Å². The third-order valence-corrected chi connectivity index (χ3v) is 3.09. The zero-order chi connectivity index (χ0) is 14.5. The summed E-state index contributed by atoms with van der Waals surface area (Å²) in [5, 5.41) is 12.6. The van der Waals surface area contributed by atoms with Crippen molar-refractivity contribution < 1.29 is 4.79 Å². The lowest BCUT2D eigenvalue weighted by Crippen LogP contribution is -2.14. The molecule has 1 amide bonds. The molecule has 3 N–H and O–H groups in total. The molecule has 0 radical (unpaired) electrons. The van der Waals surface area contributed by atoms with Gasteiger partial charge in [-0.05, 0) is 29.8 Å². The Morgan fingerprint density at radius 2 is 2.05 bits per heavy atom. The molecule has 0 unspecified atom stereocenters. The highest BCUT2D eigenvalue weighted by molar-refractivity contribution is 6.31. The lowest BCUT2D eigenvalue weighted by Gasteiger charge is -2.11. The van der Waals surface area contributed by atoms with Crippen LogP contribution in [0.25, 0.3) is 0 Å². The summed E-state index contributed by atoms with van der Waals surface area (Å²) in [6.45, 7) is 0.422. The number of nitriles is 1. The number of amides is 1. The molecule has 5 heteroatoms.